The summed E-state index contributed by atoms with van der Waals surface area (Å²) in [5.74, 6) is -1.03. The summed E-state index contributed by atoms with van der Waals surface area (Å²) in [6, 6.07) is 3.89. The van der Waals surface area contributed by atoms with Crippen LogP contribution in [0.25, 0.3) is 0 Å². The highest BCUT2D eigenvalue weighted by atomic mass is 35.5. The summed E-state index contributed by atoms with van der Waals surface area (Å²) in [4.78, 5) is 12.1. The number of nitrogens with zero attached hydrogens (tertiary/aromatic N) is 2. The van der Waals surface area contributed by atoms with Crippen LogP contribution in [0.4, 0.5) is 10.1 Å². The Hall–Kier alpha value is -2.08. The van der Waals surface area contributed by atoms with E-state index in [4.69, 9.17) is 22.1 Å². The molecule has 1 aromatic heterocycles. The van der Waals surface area contributed by atoms with E-state index >= 15 is 0 Å². The highest BCUT2D eigenvalue weighted by Gasteiger charge is 2.20. The smallest absolute Gasteiger partial charge is 0.359 e. The minimum atomic E-state index is -0.588. The minimum absolute atomic E-state index is 0.0642. The van der Waals surface area contributed by atoms with Crippen LogP contribution in [0.3, 0.4) is 0 Å². The van der Waals surface area contributed by atoms with Crippen LogP contribution in [0.1, 0.15) is 28.7 Å². The standard InChI is InChI=1S/C14H15ClFN3O2/c1-3-19-13(12(17)8(2)18-19)14(20)21-7-9-4-5-10(16)6-11(9)15/h4-6H,3,7,17H2,1-2H3. The summed E-state index contributed by atoms with van der Waals surface area (Å²) in [5, 5.41) is 4.35. The van der Waals surface area contributed by atoms with Crippen molar-refractivity contribution in [3.63, 3.8) is 0 Å². The number of esters is 1. The molecule has 112 valence electrons. The molecule has 0 saturated heterocycles. The number of carbonyl (C=O) groups excluding carboxylic acids is 1. The topological polar surface area (TPSA) is 70.1 Å². The van der Waals surface area contributed by atoms with Gasteiger partial charge in [0, 0.05) is 12.1 Å². The molecule has 1 aromatic carbocycles. The van der Waals surface area contributed by atoms with Crippen LogP contribution in [0.2, 0.25) is 5.02 Å². The number of aromatic nitrogens is 2. The molecule has 2 N–H and O–H groups in total. The summed E-state index contributed by atoms with van der Waals surface area (Å²) in [7, 11) is 0. The Labute approximate surface area is 126 Å². The fourth-order valence-corrected chi connectivity index (χ4v) is 2.11. The van der Waals surface area contributed by atoms with Gasteiger partial charge in [-0.2, -0.15) is 5.10 Å². The first-order valence-corrected chi connectivity index (χ1v) is 6.75. The highest BCUT2D eigenvalue weighted by Crippen LogP contribution is 2.21. The van der Waals surface area contributed by atoms with E-state index in [9.17, 15) is 9.18 Å². The lowest BCUT2D eigenvalue weighted by atomic mass is 10.2. The molecule has 5 nitrogen and oxygen atoms in total. The number of nitrogens with two attached hydrogens (primary N) is 1. The number of rotatable bonds is 4. The highest BCUT2D eigenvalue weighted by molar-refractivity contribution is 6.31. The summed E-state index contributed by atoms with van der Waals surface area (Å²) >= 11 is 5.88. The van der Waals surface area contributed by atoms with E-state index in [1.807, 2.05) is 6.92 Å². The predicted octanol–water partition coefficient (Wildman–Crippen LogP) is 2.94. The Morgan fingerprint density at radius 2 is 2.24 bits per heavy atom. The molecule has 0 unspecified atom stereocenters. The molecule has 0 aliphatic carbocycles. The van der Waals surface area contributed by atoms with Crippen LogP contribution in [0.15, 0.2) is 18.2 Å². The van der Waals surface area contributed by atoms with Crippen molar-refractivity contribution in [2.24, 2.45) is 0 Å². The second-order valence-corrected chi connectivity index (χ2v) is 4.88. The van der Waals surface area contributed by atoms with Crippen molar-refractivity contribution in [3.05, 3.63) is 46.0 Å². The Kier molecular flexibility index (Phi) is 4.47. The number of anilines is 1. The predicted molar refractivity (Wildman–Crippen MR) is 77.6 cm³/mol. The fraction of sp³-hybridized carbons (Fsp3) is 0.286. The van der Waals surface area contributed by atoms with Crippen molar-refractivity contribution < 1.29 is 13.9 Å². The van der Waals surface area contributed by atoms with Crippen molar-refractivity contribution in [1.82, 2.24) is 9.78 Å². The molecule has 0 saturated carbocycles. The van der Waals surface area contributed by atoms with Gasteiger partial charge in [-0.05, 0) is 26.0 Å². The molecule has 0 radical (unpaired) electrons. The molecule has 2 rings (SSSR count). The summed E-state index contributed by atoms with van der Waals surface area (Å²) in [5.41, 5.74) is 7.44. The van der Waals surface area contributed by atoms with E-state index < -0.39 is 11.8 Å². The molecule has 0 fully saturated rings. The molecular weight excluding hydrogens is 297 g/mol. The van der Waals surface area contributed by atoms with Crippen LogP contribution < -0.4 is 5.73 Å². The summed E-state index contributed by atoms with van der Waals surface area (Å²) < 4.78 is 19.6. The van der Waals surface area contributed by atoms with Crippen LogP contribution in [0, 0.1) is 12.7 Å². The Morgan fingerprint density at radius 1 is 1.52 bits per heavy atom. The van der Waals surface area contributed by atoms with E-state index in [0.29, 0.717) is 23.5 Å². The number of aryl methyl sites for hydroxylation is 2. The third-order valence-corrected chi connectivity index (χ3v) is 3.39. The number of ether oxygens (including phenoxy) is 1. The average Bonchev–Trinajstić information content (AvgIpc) is 2.73. The van der Waals surface area contributed by atoms with Crippen LogP contribution in [-0.4, -0.2) is 15.7 Å². The van der Waals surface area contributed by atoms with Crippen LogP contribution >= 0.6 is 11.6 Å². The van der Waals surface area contributed by atoms with Crippen molar-refractivity contribution in [1.29, 1.82) is 0 Å². The van der Waals surface area contributed by atoms with E-state index in [0.717, 1.165) is 0 Å². The Balaban J connectivity index is 2.15. The number of benzene rings is 1. The van der Waals surface area contributed by atoms with Crippen molar-refractivity contribution >= 4 is 23.3 Å². The molecule has 0 aliphatic heterocycles. The number of hydrogen-bond donors (Lipinski definition) is 1. The number of carbonyl (C=O) groups is 1. The van der Waals surface area contributed by atoms with Crippen LogP contribution in [0.5, 0.6) is 0 Å². The number of nitrogen functional groups attached to an aromatic ring is 1. The zero-order chi connectivity index (χ0) is 15.6. The van der Waals surface area contributed by atoms with Gasteiger partial charge < -0.3 is 10.5 Å². The maximum absolute atomic E-state index is 12.9. The van der Waals surface area contributed by atoms with Gasteiger partial charge in [0.25, 0.3) is 0 Å². The molecule has 0 bridgehead atoms. The molecule has 0 amide bonds. The monoisotopic (exact) mass is 311 g/mol. The van der Waals surface area contributed by atoms with Gasteiger partial charge in [-0.1, -0.05) is 17.7 Å². The molecule has 2 aromatic rings. The average molecular weight is 312 g/mol. The van der Waals surface area contributed by atoms with Crippen molar-refractivity contribution in [2.45, 2.75) is 27.0 Å². The normalized spacial score (nSPS) is 10.7. The lowest BCUT2D eigenvalue weighted by Crippen LogP contribution is -2.14. The van der Waals surface area contributed by atoms with Crippen LogP contribution in [-0.2, 0) is 17.9 Å². The minimum Gasteiger partial charge on any atom is -0.456 e. The first-order chi connectivity index (χ1) is 9.93. The quantitative estimate of drug-likeness (QED) is 0.881. The van der Waals surface area contributed by atoms with Crippen molar-refractivity contribution in [3.8, 4) is 0 Å². The zero-order valence-electron chi connectivity index (χ0n) is 11.7. The Morgan fingerprint density at radius 3 is 2.86 bits per heavy atom. The zero-order valence-corrected chi connectivity index (χ0v) is 12.4. The summed E-state index contributed by atoms with van der Waals surface area (Å²) in [6.07, 6.45) is 0. The number of hydrogen-bond acceptors (Lipinski definition) is 4. The van der Waals surface area contributed by atoms with Gasteiger partial charge in [-0.25, -0.2) is 9.18 Å². The third-order valence-electron chi connectivity index (χ3n) is 3.04. The molecule has 0 atom stereocenters. The third kappa shape index (κ3) is 3.16. The second kappa shape index (κ2) is 6.13. The van der Waals surface area contributed by atoms with Gasteiger partial charge in [-0.15, -0.1) is 0 Å². The first kappa shape index (κ1) is 15.3. The van der Waals surface area contributed by atoms with E-state index in [-0.39, 0.29) is 17.3 Å². The van der Waals surface area contributed by atoms with Gasteiger partial charge in [-0.3, -0.25) is 4.68 Å². The van der Waals surface area contributed by atoms with Gasteiger partial charge in [0.1, 0.15) is 12.4 Å². The lowest BCUT2D eigenvalue weighted by Gasteiger charge is -2.08. The molecule has 0 spiro atoms. The first-order valence-electron chi connectivity index (χ1n) is 6.38. The maximum atomic E-state index is 12.9. The van der Waals surface area contributed by atoms with E-state index in [1.54, 1.807) is 6.92 Å². The molecule has 21 heavy (non-hydrogen) atoms. The molecule has 0 aliphatic rings. The van der Waals surface area contributed by atoms with E-state index in [1.165, 1.54) is 22.9 Å². The molecule has 7 heteroatoms. The second-order valence-electron chi connectivity index (χ2n) is 4.48. The fourth-order valence-electron chi connectivity index (χ4n) is 1.89. The Bertz CT molecular complexity index is 685. The van der Waals surface area contributed by atoms with Crippen molar-refractivity contribution in [2.75, 3.05) is 5.73 Å². The SMILES string of the molecule is CCn1nc(C)c(N)c1C(=O)OCc1ccc(F)cc1Cl. The lowest BCUT2D eigenvalue weighted by molar-refractivity contribution is 0.0460. The molecule has 1 heterocycles. The van der Waals surface area contributed by atoms with Gasteiger partial charge in [0.05, 0.1) is 16.4 Å². The summed E-state index contributed by atoms with van der Waals surface area (Å²) in [6.45, 7) is 4.00. The maximum Gasteiger partial charge on any atom is 0.359 e. The van der Waals surface area contributed by atoms with Gasteiger partial charge in [0.2, 0.25) is 0 Å². The number of halogens is 2. The molecular formula is C14H15ClFN3O2. The van der Waals surface area contributed by atoms with Gasteiger partial charge >= 0.3 is 5.97 Å². The van der Waals surface area contributed by atoms with Gasteiger partial charge in [0.15, 0.2) is 5.69 Å². The largest absolute Gasteiger partial charge is 0.456 e. The van der Waals surface area contributed by atoms with E-state index in [2.05, 4.69) is 5.10 Å².